The summed E-state index contributed by atoms with van der Waals surface area (Å²) in [5.41, 5.74) is 5.10. The van der Waals surface area contributed by atoms with Crippen LogP contribution in [0.3, 0.4) is 0 Å². The van der Waals surface area contributed by atoms with Crippen LogP contribution in [0, 0.1) is 0 Å². The second-order valence-electron chi connectivity index (χ2n) is 11.9. The third kappa shape index (κ3) is 6.67. The second-order valence-corrected chi connectivity index (χ2v) is 12.9. The summed E-state index contributed by atoms with van der Waals surface area (Å²) in [5, 5.41) is 11.8. The Kier molecular flexibility index (Phi) is 9.03. The molecule has 52 heavy (non-hydrogen) atoms. The predicted octanol–water partition coefficient (Wildman–Crippen LogP) is 7.86. The van der Waals surface area contributed by atoms with Crippen molar-refractivity contribution in [2.45, 2.75) is 13.5 Å². The SMILES string of the molecule is CCOc1ccc(/C=C/c2nc3s/c(=C\c4cn(-c5ccccc5)nc4-c4ccc(OCc5cccc6ccccc56)cc4)c(=O)n3n2)cc1OC. The quantitative estimate of drug-likeness (QED) is 0.135. The maximum atomic E-state index is 13.6. The molecule has 0 saturated heterocycles. The van der Waals surface area contributed by atoms with E-state index >= 15 is 0 Å². The number of methoxy groups -OCH3 is 1. The molecule has 0 radical (unpaired) electrons. The summed E-state index contributed by atoms with van der Waals surface area (Å²) in [4.78, 5) is 18.7. The van der Waals surface area contributed by atoms with Crippen molar-refractivity contribution >= 4 is 45.3 Å². The third-order valence-corrected chi connectivity index (χ3v) is 9.52. The Morgan fingerprint density at radius 2 is 1.62 bits per heavy atom. The molecule has 5 aromatic carbocycles. The van der Waals surface area contributed by atoms with Gasteiger partial charge in [0, 0.05) is 17.3 Å². The molecule has 8 rings (SSSR count). The van der Waals surface area contributed by atoms with Crippen LogP contribution in [0.15, 0.2) is 126 Å². The summed E-state index contributed by atoms with van der Waals surface area (Å²) < 4.78 is 21.0. The van der Waals surface area contributed by atoms with Crippen molar-refractivity contribution in [3.8, 4) is 34.2 Å². The van der Waals surface area contributed by atoms with Gasteiger partial charge >= 0.3 is 0 Å². The Morgan fingerprint density at radius 1 is 0.808 bits per heavy atom. The lowest BCUT2D eigenvalue weighted by Crippen LogP contribution is -2.23. The minimum absolute atomic E-state index is 0.245. The van der Waals surface area contributed by atoms with E-state index in [-0.39, 0.29) is 5.56 Å². The summed E-state index contributed by atoms with van der Waals surface area (Å²) in [6.45, 7) is 2.93. The number of rotatable bonds is 11. The summed E-state index contributed by atoms with van der Waals surface area (Å²) in [5.74, 6) is 2.51. The Morgan fingerprint density at radius 3 is 2.42 bits per heavy atom. The number of fused-ring (bicyclic) bond motifs is 2. The van der Waals surface area contributed by atoms with Gasteiger partial charge in [0.1, 0.15) is 18.1 Å². The molecule has 256 valence electrons. The fourth-order valence-corrected chi connectivity index (χ4v) is 6.92. The fraction of sp³-hybridized carbons (Fsp3) is 0.0952. The zero-order chi connectivity index (χ0) is 35.4. The summed E-state index contributed by atoms with van der Waals surface area (Å²) in [7, 11) is 1.61. The van der Waals surface area contributed by atoms with Gasteiger partial charge in [-0.05, 0) is 89.5 Å². The number of nitrogens with zero attached hydrogens (tertiary/aromatic N) is 5. The smallest absolute Gasteiger partial charge is 0.291 e. The molecule has 0 aliphatic heterocycles. The Balaban J connectivity index is 1.08. The van der Waals surface area contributed by atoms with Crippen LogP contribution in [0.4, 0.5) is 0 Å². The van der Waals surface area contributed by atoms with Gasteiger partial charge in [-0.2, -0.15) is 14.6 Å². The summed E-state index contributed by atoms with van der Waals surface area (Å²) >= 11 is 1.29. The van der Waals surface area contributed by atoms with E-state index < -0.39 is 0 Å². The van der Waals surface area contributed by atoms with E-state index in [2.05, 4.69) is 40.4 Å². The number of hydrogen-bond donors (Lipinski definition) is 0. The molecular weight excluding hydrogens is 671 g/mol. The standard InChI is InChI=1S/C42H33N5O4S/c1-3-50-36-22-16-28(24-37(36)49-2)17-23-39-43-42-47(44-39)41(48)38(52-42)25-32-26-46(33-13-5-4-6-14-33)45-40(32)30-18-20-34(21-19-30)51-27-31-12-9-11-29-10-7-8-15-35(29)31/h4-26H,3,27H2,1-2H3/b23-17+,38-25-. The molecule has 3 heterocycles. The second kappa shape index (κ2) is 14.4. The van der Waals surface area contributed by atoms with Crippen LogP contribution in [-0.2, 0) is 6.61 Å². The number of para-hydroxylation sites is 1. The topological polar surface area (TPSA) is 92.8 Å². The molecule has 0 aliphatic carbocycles. The number of aromatic nitrogens is 5. The first-order valence-corrected chi connectivity index (χ1v) is 17.6. The van der Waals surface area contributed by atoms with Crippen molar-refractivity contribution < 1.29 is 14.2 Å². The summed E-state index contributed by atoms with van der Waals surface area (Å²) in [6.07, 6.45) is 7.44. The van der Waals surface area contributed by atoms with E-state index in [9.17, 15) is 4.79 Å². The molecule has 3 aromatic heterocycles. The highest BCUT2D eigenvalue weighted by Gasteiger charge is 2.15. The van der Waals surface area contributed by atoms with Crippen molar-refractivity contribution in [2.24, 2.45) is 0 Å². The molecular formula is C42H33N5O4S. The fourth-order valence-electron chi connectivity index (χ4n) is 6.01. The number of thiazole rings is 1. The lowest BCUT2D eigenvalue weighted by Gasteiger charge is -2.10. The summed E-state index contributed by atoms with van der Waals surface area (Å²) in [6, 6.07) is 38.0. The van der Waals surface area contributed by atoms with Gasteiger partial charge in [-0.25, -0.2) is 4.68 Å². The third-order valence-electron chi connectivity index (χ3n) is 8.56. The molecule has 10 heteroatoms. The molecule has 0 saturated carbocycles. The van der Waals surface area contributed by atoms with E-state index in [0.717, 1.165) is 39.4 Å². The molecule has 0 spiro atoms. The van der Waals surface area contributed by atoms with Gasteiger partial charge in [0.2, 0.25) is 4.96 Å². The zero-order valence-corrected chi connectivity index (χ0v) is 29.3. The van der Waals surface area contributed by atoms with E-state index in [1.807, 2.05) is 115 Å². The number of hydrogen-bond acceptors (Lipinski definition) is 8. The molecule has 0 fully saturated rings. The minimum Gasteiger partial charge on any atom is -0.493 e. The molecule has 0 aliphatic rings. The number of benzene rings is 5. The van der Waals surface area contributed by atoms with Gasteiger partial charge in [0.15, 0.2) is 17.3 Å². The van der Waals surface area contributed by atoms with Crippen molar-refractivity contribution in [3.05, 3.63) is 159 Å². The normalized spacial score (nSPS) is 11.9. The maximum absolute atomic E-state index is 13.6. The monoisotopic (exact) mass is 703 g/mol. The van der Waals surface area contributed by atoms with Crippen molar-refractivity contribution in [1.82, 2.24) is 24.4 Å². The average Bonchev–Trinajstić information content (AvgIpc) is 3.88. The maximum Gasteiger partial charge on any atom is 0.291 e. The lowest BCUT2D eigenvalue weighted by atomic mass is 10.1. The largest absolute Gasteiger partial charge is 0.493 e. The highest BCUT2D eigenvalue weighted by Crippen LogP contribution is 2.30. The van der Waals surface area contributed by atoms with Crippen LogP contribution in [0.2, 0.25) is 0 Å². The number of ether oxygens (including phenoxy) is 3. The van der Waals surface area contributed by atoms with Crippen LogP contribution in [-0.4, -0.2) is 38.1 Å². The first kappa shape index (κ1) is 32.7. The molecule has 0 N–H and O–H groups in total. The van der Waals surface area contributed by atoms with Gasteiger partial charge in [-0.3, -0.25) is 4.79 Å². The Hall–Kier alpha value is -6.52. The van der Waals surface area contributed by atoms with Gasteiger partial charge in [0.05, 0.1) is 23.9 Å². The molecule has 0 amide bonds. The van der Waals surface area contributed by atoms with Crippen LogP contribution < -0.4 is 24.3 Å². The van der Waals surface area contributed by atoms with Crippen LogP contribution in [0.1, 0.15) is 29.4 Å². The lowest BCUT2D eigenvalue weighted by molar-refractivity contribution is 0.308. The van der Waals surface area contributed by atoms with E-state index in [1.165, 1.54) is 26.6 Å². The molecule has 8 aromatic rings. The van der Waals surface area contributed by atoms with E-state index in [0.29, 0.717) is 40.0 Å². The van der Waals surface area contributed by atoms with E-state index in [4.69, 9.17) is 19.3 Å². The highest BCUT2D eigenvalue weighted by atomic mass is 32.1. The van der Waals surface area contributed by atoms with Crippen LogP contribution in [0.5, 0.6) is 17.2 Å². The van der Waals surface area contributed by atoms with Gasteiger partial charge < -0.3 is 14.2 Å². The Bertz CT molecular complexity index is 2660. The van der Waals surface area contributed by atoms with Crippen LogP contribution in [0.25, 0.3) is 50.9 Å². The molecule has 0 bridgehead atoms. The highest BCUT2D eigenvalue weighted by molar-refractivity contribution is 7.15. The Labute approximate surface area is 303 Å². The van der Waals surface area contributed by atoms with Gasteiger partial charge in [-0.15, -0.1) is 5.10 Å². The average molecular weight is 704 g/mol. The first-order chi connectivity index (χ1) is 25.6. The predicted molar refractivity (Wildman–Crippen MR) is 206 cm³/mol. The van der Waals surface area contributed by atoms with Crippen molar-refractivity contribution in [1.29, 1.82) is 0 Å². The molecule has 0 atom stereocenters. The molecule has 0 unspecified atom stereocenters. The van der Waals surface area contributed by atoms with Gasteiger partial charge in [0.25, 0.3) is 5.56 Å². The van der Waals surface area contributed by atoms with Crippen molar-refractivity contribution in [2.75, 3.05) is 13.7 Å². The van der Waals surface area contributed by atoms with Crippen LogP contribution >= 0.6 is 11.3 Å². The minimum atomic E-state index is -0.245. The zero-order valence-electron chi connectivity index (χ0n) is 28.5. The van der Waals surface area contributed by atoms with Gasteiger partial charge in [-0.1, -0.05) is 84.1 Å². The molecule has 9 nitrogen and oxygen atoms in total. The first-order valence-electron chi connectivity index (χ1n) is 16.8. The van der Waals surface area contributed by atoms with Crippen molar-refractivity contribution in [3.63, 3.8) is 0 Å². The van der Waals surface area contributed by atoms with E-state index in [1.54, 1.807) is 13.2 Å².